The summed E-state index contributed by atoms with van der Waals surface area (Å²) in [5, 5.41) is 13.8. The van der Waals surface area contributed by atoms with Gasteiger partial charge in [-0.2, -0.15) is 0 Å². The van der Waals surface area contributed by atoms with E-state index < -0.39 is 96.3 Å². The van der Waals surface area contributed by atoms with Crippen LogP contribution in [0.25, 0.3) is 0 Å². The van der Waals surface area contributed by atoms with Gasteiger partial charge in [0.1, 0.15) is 48.9 Å². The fourth-order valence-corrected chi connectivity index (χ4v) is 8.13. The molecular formula is C40H49ClN8O9. The first-order valence-corrected chi connectivity index (χ1v) is 19.9. The number of carbonyl (C=O) groups is 8. The van der Waals surface area contributed by atoms with Gasteiger partial charge in [-0.1, -0.05) is 48.4 Å². The van der Waals surface area contributed by atoms with E-state index in [4.69, 9.17) is 16.3 Å². The van der Waals surface area contributed by atoms with Crippen molar-refractivity contribution in [3.63, 3.8) is 0 Å². The molecule has 0 aromatic heterocycles. The molecule has 0 aliphatic carbocycles. The number of hydrogen-bond donors (Lipinski definition) is 5. The molecule has 0 spiro atoms. The van der Waals surface area contributed by atoms with E-state index in [2.05, 4.69) is 26.6 Å². The number of urea groups is 1. The second-order valence-corrected chi connectivity index (χ2v) is 16.0. The Morgan fingerprint density at radius 1 is 0.914 bits per heavy atom. The highest BCUT2D eigenvalue weighted by Gasteiger charge is 2.48. The number of nitrogens with zero attached hydrogens (tertiary/aromatic N) is 3. The lowest BCUT2D eigenvalue weighted by Crippen LogP contribution is -2.66. The molecule has 4 saturated heterocycles. The molecule has 17 nitrogen and oxygen atoms in total. The maximum absolute atomic E-state index is 14.7. The number of cyclic esters (lactones) is 1. The van der Waals surface area contributed by atoms with Gasteiger partial charge in [0.05, 0.1) is 0 Å². The summed E-state index contributed by atoms with van der Waals surface area (Å²) >= 11 is 6.00. The number of carbonyl (C=O) groups excluding carboxylic acids is 8. The molecule has 4 heterocycles. The Morgan fingerprint density at radius 2 is 1.66 bits per heavy atom. The Labute approximate surface area is 340 Å². The van der Waals surface area contributed by atoms with Crippen LogP contribution in [0, 0.1) is 12.8 Å². The van der Waals surface area contributed by atoms with Crippen LogP contribution in [-0.2, 0) is 44.7 Å². The summed E-state index contributed by atoms with van der Waals surface area (Å²) in [4.78, 5) is 114. The van der Waals surface area contributed by atoms with Gasteiger partial charge in [0.2, 0.25) is 35.4 Å². The highest BCUT2D eigenvalue weighted by molar-refractivity contribution is 6.30. The van der Waals surface area contributed by atoms with Crippen molar-refractivity contribution in [2.45, 2.75) is 95.7 Å². The normalized spacial score (nSPS) is 27.4. The average Bonchev–Trinajstić information content (AvgIpc) is 3.83. The second-order valence-electron chi connectivity index (χ2n) is 15.5. The number of esters is 1. The topological polar surface area (TPSA) is 216 Å². The quantitative estimate of drug-likeness (QED) is 0.261. The van der Waals surface area contributed by atoms with Crippen LogP contribution in [0.15, 0.2) is 48.5 Å². The predicted octanol–water partition coefficient (Wildman–Crippen LogP) is 0.871. The molecule has 58 heavy (non-hydrogen) atoms. The first-order valence-electron chi connectivity index (χ1n) is 19.5. The number of piperazine rings is 1. The molecule has 2 aromatic rings. The summed E-state index contributed by atoms with van der Waals surface area (Å²) in [7, 11) is 0. The van der Waals surface area contributed by atoms with Gasteiger partial charge in [-0.15, -0.1) is 0 Å². The van der Waals surface area contributed by atoms with E-state index in [1.54, 1.807) is 30.3 Å². The van der Waals surface area contributed by atoms with Gasteiger partial charge < -0.3 is 46.0 Å². The second kappa shape index (κ2) is 17.8. The Morgan fingerprint density at radius 3 is 2.38 bits per heavy atom. The number of nitrogens with one attached hydrogen (secondary N) is 5. The number of benzene rings is 2. The van der Waals surface area contributed by atoms with Gasteiger partial charge in [-0.3, -0.25) is 28.8 Å². The number of hydrogen-bond acceptors (Lipinski definition) is 9. The van der Waals surface area contributed by atoms with E-state index in [9.17, 15) is 38.4 Å². The van der Waals surface area contributed by atoms with E-state index in [-0.39, 0.29) is 44.8 Å². The number of amides is 8. The zero-order valence-electron chi connectivity index (χ0n) is 32.8. The Hall–Kier alpha value is -5.71. The van der Waals surface area contributed by atoms with Gasteiger partial charge in [0.25, 0.3) is 0 Å². The third kappa shape index (κ3) is 9.52. The number of anilines is 1. The van der Waals surface area contributed by atoms with Gasteiger partial charge >= 0.3 is 12.0 Å². The number of fused-ring (bicyclic) bond motifs is 3. The molecule has 8 amide bonds. The van der Waals surface area contributed by atoms with Crippen LogP contribution in [0.2, 0.25) is 5.02 Å². The van der Waals surface area contributed by atoms with E-state index in [1.165, 1.54) is 23.6 Å². The van der Waals surface area contributed by atoms with Crippen LogP contribution >= 0.6 is 11.6 Å². The zero-order valence-corrected chi connectivity index (χ0v) is 33.5. The summed E-state index contributed by atoms with van der Waals surface area (Å²) in [5.74, 6) is -4.85. The smallest absolute Gasteiger partial charge is 0.329 e. The van der Waals surface area contributed by atoms with Crippen LogP contribution in [0.1, 0.15) is 51.2 Å². The zero-order chi connectivity index (χ0) is 41.8. The summed E-state index contributed by atoms with van der Waals surface area (Å²) in [5.41, 5.74) is 2.03. The molecule has 6 rings (SSSR count). The third-order valence-electron chi connectivity index (χ3n) is 11.0. The minimum Gasteiger partial charge on any atom is -0.458 e. The summed E-state index contributed by atoms with van der Waals surface area (Å²) < 4.78 is 5.92. The van der Waals surface area contributed by atoms with Crippen molar-refractivity contribution in [2.24, 2.45) is 5.92 Å². The minimum absolute atomic E-state index is 0.0111. The predicted molar refractivity (Wildman–Crippen MR) is 210 cm³/mol. The first-order chi connectivity index (χ1) is 27.6. The van der Waals surface area contributed by atoms with Crippen LogP contribution in [0.5, 0.6) is 0 Å². The molecule has 18 heteroatoms. The Bertz CT molecular complexity index is 1960. The number of halogens is 1. The molecule has 4 aliphatic heterocycles. The molecule has 4 fully saturated rings. The van der Waals surface area contributed by atoms with E-state index in [1.807, 2.05) is 32.0 Å². The van der Waals surface area contributed by atoms with Crippen molar-refractivity contribution in [1.82, 2.24) is 36.0 Å². The molecule has 0 unspecified atom stereocenters. The number of ether oxygens (including phenoxy) is 1. The van der Waals surface area contributed by atoms with Crippen molar-refractivity contribution >= 4 is 64.7 Å². The van der Waals surface area contributed by atoms with Crippen LogP contribution in [-0.4, -0.2) is 131 Å². The van der Waals surface area contributed by atoms with Gasteiger partial charge in [0.15, 0.2) is 0 Å². The highest BCUT2D eigenvalue weighted by atomic mass is 35.5. The van der Waals surface area contributed by atoms with Gasteiger partial charge in [-0.05, 0) is 75.8 Å². The van der Waals surface area contributed by atoms with E-state index >= 15 is 0 Å². The lowest BCUT2D eigenvalue weighted by atomic mass is 10.0. The van der Waals surface area contributed by atoms with Crippen molar-refractivity contribution in [1.29, 1.82) is 0 Å². The maximum Gasteiger partial charge on any atom is 0.329 e. The molecule has 8 atom stereocenters. The maximum atomic E-state index is 14.7. The van der Waals surface area contributed by atoms with Crippen LogP contribution < -0.4 is 26.6 Å². The lowest BCUT2D eigenvalue weighted by Gasteiger charge is -2.39. The Balaban J connectivity index is 1.34. The standard InChI is InChI=1S/C40H49ClN8O9/c1-21-7-5-8-25(15-21)17-28(45-40(57)44-27-12-10-26(41)11-13-27)34(51)46-33-24(4)58-39(56)30-16-22(2)19-48(30)36(53)23(3)43-35(52)31-18-42-32(50)20-49(31)37(54)29-9-6-14-47(29)38(33)55/h5,7-8,10-13,15,22-24,28-31,33H,6,9,14,16-20H2,1-4H3,(H,42,50)(H,43,52)(H,46,51)(H2,44,45,57)/t22-,23+,24+,28+,29+,30+,31+,33+/m1/s1. The van der Waals surface area contributed by atoms with Crippen molar-refractivity contribution in [3.05, 3.63) is 64.7 Å². The minimum atomic E-state index is -1.57. The lowest BCUT2D eigenvalue weighted by molar-refractivity contribution is -0.163. The van der Waals surface area contributed by atoms with Crippen LogP contribution in [0.4, 0.5) is 10.5 Å². The van der Waals surface area contributed by atoms with Crippen LogP contribution in [0.3, 0.4) is 0 Å². The molecule has 0 bridgehead atoms. The van der Waals surface area contributed by atoms with Gasteiger partial charge in [0, 0.05) is 36.8 Å². The monoisotopic (exact) mass is 820 g/mol. The molecule has 0 radical (unpaired) electrons. The van der Waals surface area contributed by atoms with Crippen molar-refractivity contribution in [3.8, 4) is 0 Å². The molecule has 4 aliphatic rings. The van der Waals surface area contributed by atoms with E-state index in [0.717, 1.165) is 10.5 Å². The number of aryl methyl sites for hydroxylation is 1. The molecule has 310 valence electrons. The molecule has 5 N–H and O–H groups in total. The van der Waals surface area contributed by atoms with Crippen molar-refractivity contribution < 1.29 is 43.1 Å². The van der Waals surface area contributed by atoms with Crippen molar-refractivity contribution in [2.75, 3.05) is 31.5 Å². The third-order valence-corrected chi connectivity index (χ3v) is 11.2. The van der Waals surface area contributed by atoms with E-state index in [0.29, 0.717) is 22.7 Å². The fraction of sp³-hybridized carbons (Fsp3) is 0.500. The molecule has 0 saturated carbocycles. The average molecular weight is 821 g/mol. The first kappa shape index (κ1) is 41.9. The summed E-state index contributed by atoms with van der Waals surface area (Å²) in [6.07, 6.45) is -0.486. The Kier molecular flexibility index (Phi) is 12.9. The highest BCUT2D eigenvalue weighted by Crippen LogP contribution is 2.28. The number of rotatable bonds is 6. The molecule has 2 aromatic carbocycles. The largest absolute Gasteiger partial charge is 0.458 e. The van der Waals surface area contributed by atoms with Gasteiger partial charge in [-0.25, -0.2) is 9.59 Å². The molecular weight excluding hydrogens is 772 g/mol. The fourth-order valence-electron chi connectivity index (χ4n) is 8.00. The summed E-state index contributed by atoms with van der Waals surface area (Å²) in [6, 6.07) is 5.69. The summed E-state index contributed by atoms with van der Waals surface area (Å²) in [6.45, 7) is 6.26. The SMILES string of the molecule is Cc1cccc(C[C@H](NC(=O)Nc2ccc(Cl)cc2)C(=O)N[C@@H]2C(=O)N3CCC[C@H]3C(=O)N3CC(=O)NC[C@H]3C(=O)N[C@@H](C)C(=O)N3C[C@H](C)C[C@H]3C(=O)O[C@H]2C)c1.